The molecular formula is C14H18N4. The molecule has 1 aromatic carbocycles. The van der Waals surface area contributed by atoms with Gasteiger partial charge in [0, 0.05) is 25.3 Å². The number of para-hydroxylation sites is 1. The molecule has 18 heavy (non-hydrogen) atoms. The molecule has 94 valence electrons. The van der Waals surface area contributed by atoms with Crippen molar-refractivity contribution in [3.8, 4) is 0 Å². The number of anilines is 3. The molecule has 0 bridgehead atoms. The summed E-state index contributed by atoms with van der Waals surface area (Å²) in [5.74, 6) is 1.84. The van der Waals surface area contributed by atoms with Crippen LogP contribution in [-0.2, 0) is 6.42 Å². The number of rotatable bonds is 4. The monoisotopic (exact) mass is 242 g/mol. The Labute approximate surface area is 108 Å². The van der Waals surface area contributed by atoms with Crippen molar-refractivity contribution in [3.63, 3.8) is 0 Å². The lowest BCUT2D eigenvalue weighted by Gasteiger charge is -2.21. The predicted octanol–water partition coefficient (Wildman–Crippen LogP) is 2.85. The van der Waals surface area contributed by atoms with Crippen molar-refractivity contribution in [1.29, 1.82) is 0 Å². The first-order valence-electron chi connectivity index (χ1n) is 6.08. The van der Waals surface area contributed by atoms with E-state index in [1.54, 1.807) is 6.33 Å². The molecule has 1 aromatic heterocycles. The van der Waals surface area contributed by atoms with E-state index >= 15 is 0 Å². The fraction of sp³-hybridized carbons (Fsp3) is 0.286. The van der Waals surface area contributed by atoms with Gasteiger partial charge in [0.05, 0.1) is 0 Å². The number of nitrogens with zero attached hydrogens (tertiary/aromatic N) is 3. The summed E-state index contributed by atoms with van der Waals surface area (Å²) in [4.78, 5) is 10.7. The Kier molecular flexibility index (Phi) is 3.77. The zero-order valence-corrected chi connectivity index (χ0v) is 11.0. The molecule has 0 fully saturated rings. The van der Waals surface area contributed by atoms with E-state index in [0.717, 1.165) is 29.3 Å². The highest BCUT2D eigenvalue weighted by Crippen LogP contribution is 2.28. The van der Waals surface area contributed by atoms with E-state index in [9.17, 15) is 0 Å². The van der Waals surface area contributed by atoms with Gasteiger partial charge in [0.2, 0.25) is 0 Å². The minimum Gasteiger partial charge on any atom is -0.373 e. The second-order valence-corrected chi connectivity index (χ2v) is 4.02. The first-order valence-corrected chi connectivity index (χ1v) is 6.08. The van der Waals surface area contributed by atoms with Crippen LogP contribution in [0.3, 0.4) is 0 Å². The lowest BCUT2D eigenvalue weighted by atomic mass is 10.2. The molecule has 0 amide bonds. The van der Waals surface area contributed by atoms with Gasteiger partial charge in [-0.25, -0.2) is 9.97 Å². The third kappa shape index (κ3) is 2.27. The Morgan fingerprint density at radius 2 is 1.89 bits per heavy atom. The fourth-order valence-electron chi connectivity index (χ4n) is 2.01. The Morgan fingerprint density at radius 3 is 2.50 bits per heavy atom. The highest BCUT2D eigenvalue weighted by Gasteiger charge is 2.13. The number of aromatic nitrogens is 2. The summed E-state index contributed by atoms with van der Waals surface area (Å²) < 4.78 is 0. The largest absolute Gasteiger partial charge is 0.373 e. The highest BCUT2D eigenvalue weighted by atomic mass is 15.2. The van der Waals surface area contributed by atoms with E-state index in [1.807, 2.05) is 32.3 Å². The van der Waals surface area contributed by atoms with Crippen LogP contribution in [0, 0.1) is 0 Å². The third-order valence-electron chi connectivity index (χ3n) is 2.97. The number of nitrogens with one attached hydrogen (secondary N) is 1. The van der Waals surface area contributed by atoms with Crippen molar-refractivity contribution in [2.24, 2.45) is 0 Å². The first-order chi connectivity index (χ1) is 8.77. The van der Waals surface area contributed by atoms with Crippen LogP contribution in [0.2, 0.25) is 0 Å². The molecule has 0 aliphatic heterocycles. The van der Waals surface area contributed by atoms with Crippen molar-refractivity contribution in [2.45, 2.75) is 13.3 Å². The Bertz CT molecular complexity index is 510. The van der Waals surface area contributed by atoms with Crippen LogP contribution in [0.1, 0.15) is 12.5 Å². The molecular weight excluding hydrogens is 224 g/mol. The fourth-order valence-corrected chi connectivity index (χ4v) is 2.01. The van der Waals surface area contributed by atoms with Crippen LogP contribution in [0.25, 0.3) is 0 Å². The molecule has 2 aromatic rings. The highest BCUT2D eigenvalue weighted by molar-refractivity contribution is 5.66. The summed E-state index contributed by atoms with van der Waals surface area (Å²) in [5, 5.41) is 3.12. The molecule has 0 saturated carbocycles. The van der Waals surface area contributed by atoms with Gasteiger partial charge >= 0.3 is 0 Å². The molecule has 0 aliphatic rings. The molecule has 2 rings (SSSR count). The van der Waals surface area contributed by atoms with Crippen LogP contribution < -0.4 is 10.2 Å². The first kappa shape index (κ1) is 12.4. The standard InChI is InChI=1S/C14H18N4/c1-4-12-13(15-2)16-10-17-14(12)18(3)11-8-6-5-7-9-11/h5-10H,4H2,1-3H3,(H,15,16,17). The predicted molar refractivity (Wildman–Crippen MR) is 75.5 cm³/mol. The van der Waals surface area contributed by atoms with E-state index < -0.39 is 0 Å². The van der Waals surface area contributed by atoms with Crippen LogP contribution in [0.15, 0.2) is 36.7 Å². The molecule has 1 N–H and O–H groups in total. The molecule has 4 heteroatoms. The number of benzene rings is 1. The SMILES string of the molecule is CCc1c(NC)ncnc1N(C)c1ccccc1. The lowest BCUT2D eigenvalue weighted by Crippen LogP contribution is -2.15. The summed E-state index contributed by atoms with van der Waals surface area (Å²) in [7, 11) is 3.91. The summed E-state index contributed by atoms with van der Waals surface area (Å²) in [6.45, 7) is 2.11. The summed E-state index contributed by atoms with van der Waals surface area (Å²) >= 11 is 0. The maximum Gasteiger partial charge on any atom is 0.141 e. The van der Waals surface area contributed by atoms with E-state index in [4.69, 9.17) is 0 Å². The maximum atomic E-state index is 4.41. The van der Waals surface area contributed by atoms with Gasteiger partial charge in [-0.2, -0.15) is 0 Å². The molecule has 0 atom stereocenters. The minimum absolute atomic E-state index is 0.892. The molecule has 0 aliphatic carbocycles. The van der Waals surface area contributed by atoms with Gasteiger partial charge < -0.3 is 10.2 Å². The van der Waals surface area contributed by atoms with E-state index in [0.29, 0.717) is 0 Å². The number of hydrogen-bond donors (Lipinski definition) is 1. The average Bonchev–Trinajstić information content (AvgIpc) is 2.46. The van der Waals surface area contributed by atoms with Gasteiger partial charge in [-0.05, 0) is 18.6 Å². The van der Waals surface area contributed by atoms with E-state index in [-0.39, 0.29) is 0 Å². The molecule has 4 nitrogen and oxygen atoms in total. The van der Waals surface area contributed by atoms with Gasteiger partial charge in [0.25, 0.3) is 0 Å². The summed E-state index contributed by atoms with van der Waals surface area (Å²) in [5.41, 5.74) is 2.25. The third-order valence-corrected chi connectivity index (χ3v) is 2.97. The van der Waals surface area contributed by atoms with Gasteiger partial charge in [-0.15, -0.1) is 0 Å². The number of hydrogen-bond acceptors (Lipinski definition) is 4. The van der Waals surface area contributed by atoms with Crippen molar-refractivity contribution < 1.29 is 0 Å². The maximum absolute atomic E-state index is 4.41. The van der Waals surface area contributed by atoms with Crippen molar-refractivity contribution in [2.75, 3.05) is 24.3 Å². The van der Waals surface area contributed by atoms with Crippen molar-refractivity contribution in [3.05, 3.63) is 42.2 Å². The Balaban J connectivity index is 2.45. The van der Waals surface area contributed by atoms with Crippen LogP contribution >= 0.6 is 0 Å². The van der Waals surface area contributed by atoms with Crippen molar-refractivity contribution in [1.82, 2.24) is 9.97 Å². The molecule has 1 heterocycles. The van der Waals surface area contributed by atoms with E-state index in [1.165, 1.54) is 0 Å². The lowest BCUT2D eigenvalue weighted by molar-refractivity contribution is 1.00. The topological polar surface area (TPSA) is 41.1 Å². The van der Waals surface area contributed by atoms with Gasteiger partial charge in [0.15, 0.2) is 0 Å². The molecule has 0 spiro atoms. The van der Waals surface area contributed by atoms with Crippen LogP contribution in [-0.4, -0.2) is 24.1 Å². The second-order valence-electron chi connectivity index (χ2n) is 4.02. The smallest absolute Gasteiger partial charge is 0.141 e. The van der Waals surface area contributed by atoms with Crippen LogP contribution in [0.4, 0.5) is 17.3 Å². The zero-order valence-electron chi connectivity index (χ0n) is 11.0. The average molecular weight is 242 g/mol. The van der Waals surface area contributed by atoms with Crippen LogP contribution in [0.5, 0.6) is 0 Å². The quantitative estimate of drug-likeness (QED) is 0.895. The van der Waals surface area contributed by atoms with E-state index in [2.05, 4.69) is 39.2 Å². The van der Waals surface area contributed by atoms with Gasteiger partial charge in [0.1, 0.15) is 18.0 Å². The molecule has 0 saturated heterocycles. The Hall–Kier alpha value is -2.10. The summed E-state index contributed by atoms with van der Waals surface area (Å²) in [6, 6.07) is 10.2. The van der Waals surface area contributed by atoms with Crippen molar-refractivity contribution >= 4 is 17.3 Å². The van der Waals surface area contributed by atoms with Gasteiger partial charge in [-0.1, -0.05) is 25.1 Å². The zero-order chi connectivity index (χ0) is 13.0. The Morgan fingerprint density at radius 1 is 1.17 bits per heavy atom. The van der Waals surface area contributed by atoms with Gasteiger partial charge in [-0.3, -0.25) is 0 Å². The molecule has 0 radical (unpaired) electrons. The minimum atomic E-state index is 0.892. The second kappa shape index (κ2) is 5.49. The molecule has 0 unspecified atom stereocenters. The normalized spacial score (nSPS) is 10.2. The summed E-state index contributed by atoms with van der Waals surface area (Å²) in [6.07, 6.45) is 2.49.